The smallest absolute Gasteiger partial charge is 0.129 e. The minimum Gasteiger partial charge on any atom is -0.370 e. The molecule has 0 aliphatic carbocycles. The van der Waals surface area contributed by atoms with Crippen molar-refractivity contribution in [2.45, 2.75) is 26.2 Å². The molecule has 1 rings (SSSR count). The van der Waals surface area contributed by atoms with Gasteiger partial charge in [0.25, 0.3) is 0 Å². The highest BCUT2D eigenvalue weighted by atomic mass is 15.0. The quantitative estimate of drug-likeness (QED) is 0.574. The van der Waals surface area contributed by atoms with Gasteiger partial charge in [-0.15, -0.1) is 6.58 Å². The van der Waals surface area contributed by atoms with E-state index >= 15 is 0 Å². The molecule has 0 radical (unpaired) electrons. The van der Waals surface area contributed by atoms with Crippen LogP contribution in [0.3, 0.4) is 0 Å². The average molecular weight is 191 g/mol. The molecule has 1 N–H and O–H groups in total. The Labute approximate surface area is 85.3 Å². The third-order valence-electron chi connectivity index (χ3n) is 1.93. The van der Waals surface area contributed by atoms with E-state index in [4.69, 9.17) is 0 Å². The zero-order valence-electron chi connectivity index (χ0n) is 8.83. The number of nitrogens with zero attached hydrogens (tertiary/aromatic N) is 2. The second-order valence-electron chi connectivity index (χ2n) is 3.49. The SMILES string of the molecule is C=CCCNc1cc(C(C)C)ncn1. The van der Waals surface area contributed by atoms with Crippen molar-refractivity contribution in [3.05, 3.63) is 30.7 Å². The van der Waals surface area contributed by atoms with Gasteiger partial charge < -0.3 is 5.32 Å². The summed E-state index contributed by atoms with van der Waals surface area (Å²) in [4.78, 5) is 8.33. The van der Waals surface area contributed by atoms with E-state index in [9.17, 15) is 0 Å². The second kappa shape index (κ2) is 5.37. The number of hydrogen-bond donors (Lipinski definition) is 1. The number of hydrogen-bond acceptors (Lipinski definition) is 3. The van der Waals surface area contributed by atoms with Crippen LogP contribution >= 0.6 is 0 Å². The van der Waals surface area contributed by atoms with Crippen molar-refractivity contribution in [2.24, 2.45) is 0 Å². The number of anilines is 1. The molecule has 0 saturated heterocycles. The molecule has 1 aromatic rings. The van der Waals surface area contributed by atoms with Gasteiger partial charge in [0.05, 0.1) is 0 Å². The molecule has 0 atom stereocenters. The molecular weight excluding hydrogens is 174 g/mol. The van der Waals surface area contributed by atoms with Gasteiger partial charge in [-0.05, 0) is 12.3 Å². The Morgan fingerprint density at radius 1 is 1.50 bits per heavy atom. The molecule has 0 amide bonds. The van der Waals surface area contributed by atoms with E-state index in [0.717, 1.165) is 24.5 Å². The van der Waals surface area contributed by atoms with Crippen molar-refractivity contribution in [1.82, 2.24) is 9.97 Å². The van der Waals surface area contributed by atoms with Gasteiger partial charge in [0.1, 0.15) is 12.1 Å². The van der Waals surface area contributed by atoms with Crippen molar-refractivity contribution in [3.8, 4) is 0 Å². The number of nitrogens with one attached hydrogen (secondary N) is 1. The number of rotatable bonds is 5. The van der Waals surface area contributed by atoms with Crippen LogP contribution in [-0.4, -0.2) is 16.5 Å². The third kappa shape index (κ3) is 3.17. The van der Waals surface area contributed by atoms with Gasteiger partial charge in [-0.2, -0.15) is 0 Å². The first-order valence-electron chi connectivity index (χ1n) is 4.90. The summed E-state index contributed by atoms with van der Waals surface area (Å²) in [5, 5.41) is 3.22. The molecule has 76 valence electrons. The maximum atomic E-state index is 4.20. The molecule has 0 fully saturated rings. The van der Waals surface area contributed by atoms with Crippen LogP contribution in [0.5, 0.6) is 0 Å². The first-order chi connectivity index (χ1) is 6.74. The maximum Gasteiger partial charge on any atom is 0.129 e. The summed E-state index contributed by atoms with van der Waals surface area (Å²) in [5.74, 6) is 1.34. The normalized spacial score (nSPS) is 10.2. The van der Waals surface area contributed by atoms with E-state index in [1.807, 2.05) is 12.1 Å². The predicted octanol–water partition coefficient (Wildman–Crippen LogP) is 2.59. The van der Waals surface area contributed by atoms with Crippen LogP contribution in [0.1, 0.15) is 31.9 Å². The van der Waals surface area contributed by atoms with Crippen LogP contribution in [-0.2, 0) is 0 Å². The molecule has 1 heterocycles. The minimum absolute atomic E-state index is 0.443. The van der Waals surface area contributed by atoms with Crippen molar-refractivity contribution in [3.63, 3.8) is 0 Å². The highest BCUT2D eigenvalue weighted by Gasteiger charge is 2.01. The monoisotopic (exact) mass is 191 g/mol. The van der Waals surface area contributed by atoms with Gasteiger partial charge in [0, 0.05) is 18.3 Å². The van der Waals surface area contributed by atoms with Crippen LogP contribution in [0, 0.1) is 0 Å². The Morgan fingerprint density at radius 3 is 2.93 bits per heavy atom. The van der Waals surface area contributed by atoms with Crippen LogP contribution in [0.15, 0.2) is 25.0 Å². The van der Waals surface area contributed by atoms with Crippen LogP contribution in [0.4, 0.5) is 5.82 Å². The Balaban J connectivity index is 2.59. The van der Waals surface area contributed by atoms with Crippen LogP contribution < -0.4 is 5.32 Å². The fourth-order valence-electron chi connectivity index (χ4n) is 1.09. The molecule has 0 aromatic carbocycles. The van der Waals surface area contributed by atoms with Crippen LogP contribution in [0.25, 0.3) is 0 Å². The fraction of sp³-hybridized carbons (Fsp3) is 0.455. The predicted molar refractivity (Wildman–Crippen MR) is 59.4 cm³/mol. The summed E-state index contributed by atoms with van der Waals surface area (Å²) in [7, 11) is 0. The summed E-state index contributed by atoms with van der Waals surface area (Å²) >= 11 is 0. The van der Waals surface area contributed by atoms with Gasteiger partial charge in [0.15, 0.2) is 0 Å². The van der Waals surface area contributed by atoms with Gasteiger partial charge in [-0.25, -0.2) is 9.97 Å². The topological polar surface area (TPSA) is 37.8 Å². The van der Waals surface area contributed by atoms with E-state index in [-0.39, 0.29) is 0 Å². The first-order valence-corrected chi connectivity index (χ1v) is 4.90. The van der Waals surface area contributed by atoms with Crippen molar-refractivity contribution in [1.29, 1.82) is 0 Å². The first kappa shape index (κ1) is 10.7. The Kier molecular flexibility index (Phi) is 4.11. The molecule has 3 heteroatoms. The van der Waals surface area contributed by atoms with E-state index < -0.39 is 0 Å². The van der Waals surface area contributed by atoms with Crippen molar-refractivity contribution >= 4 is 5.82 Å². The van der Waals surface area contributed by atoms with Gasteiger partial charge in [0.2, 0.25) is 0 Å². The van der Waals surface area contributed by atoms with E-state index in [0.29, 0.717) is 5.92 Å². The highest BCUT2D eigenvalue weighted by molar-refractivity contribution is 5.35. The zero-order valence-corrected chi connectivity index (χ0v) is 8.83. The maximum absolute atomic E-state index is 4.20. The third-order valence-corrected chi connectivity index (χ3v) is 1.93. The van der Waals surface area contributed by atoms with E-state index in [1.54, 1.807) is 6.33 Å². The van der Waals surface area contributed by atoms with Crippen molar-refractivity contribution in [2.75, 3.05) is 11.9 Å². The molecule has 0 bridgehead atoms. The Hall–Kier alpha value is -1.38. The lowest BCUT2D eigenvalue weighted by Crippen LogP contribution is -2.04. The Bertz CT molecular complexity index is 294. The highest BCUT2D eigenvalue weighted by Crippen LogP contribution is 2.13. The average Bonchev–Trinajstić information content (AvgIpc) is 2.19. The van der Waals surface area contributed by atoms with E-state index in [2.05, 4.69) is 35.7 Å². The standard InChI is InChI=1S/C11H17N3/c1-4-5-6-12-11-7-10(9(2)3)13-8-14-11/h4,7-9H,1,5-6H2,2-3H3,(H,12,13,14). The summed E-state index contributed by atoms with van der Waals surface area (Å²) in [6, 6.07) is 1.99. The van der Waals surface area contributed by atoms with Gasteiger partial charge >= 0.3 is 0 Å². The molecule has 0 aliphatic rings. The summed E-state index contributed by atoms with van der Waals surface area (Å²) in [6.07, 6.45) is 4.43. The summed E-state index contributed by atoms with van der Waals surface area (Å²) in [5.41, 5.74) is 1.07. The molecule has 0 spiro atoms. The lowest BCUT2D eigenvalue weighted by molar-refractivity contribution is 0.813. The molecular formula is C11H17N3. The van der Waals surface area contributed by atoms with Gasteiger partial charge in [-0.1, -0.05) is 19.9 Å². The lowest BCUT2D eigenvalue weighted by atomic mass is 10.1. The van der Waals surface area contributed by atoms with Crippen LogP contribution in [0.2, 0.25) is 0 Å². The van der Waals surface area contributed by atoms with Crippen molar-refractivity contribution < 1.29 is 0 Å². The summed E-state index contributed by atoms with van der Waals surface area (Å²) < 4.78 is 0. The molecule has 0 unspecified atom stereocenters. The fourth-order valence-corrected chi connectivity index (χ4v) is 1.09. The second-order valence-corrected chi connectivity index (χ2v) is 3.49. The molecule has 0 saturated carbocycles. The molecule has 14 heavy (non-hydrogen) atoms. The molecule has 1 aromatic heterocycles. The molecule has 3 nitrogen and oxygen atoms in total. The zero-order chi connectivity index (χ0) is 10.4. The Morgan fingerprint density at radius 2 is 2.29 bits per heavy atom. The van der Waals surface area contributed by atoms with Gasteiger partial charge in [-0.3, -0.25) is 0 Å². The van der Waals surface area contributed by atoms with E-state index in [1.165, 1.54) is 0 Å². The molecule has 0 aliphatic heterocycles. The number of aromatic nitrogens is 2. The minimum atomic E-state index is 0.443. The summed E-state index contributed by atoms with van der Waals surface area (Å²) in [6.45, 7) is 8.78. The lowest BCUT2D eigenvalue weighted by Gasteiger charge is -2.07. The largest absolute Gasteiger partial charge is 0.370 e.